The van der Waals surface area contributed by atoms with Crippen LogP contribution in [-0.2, 0) is 4.79 Å². The maximum Gasteiger partial charge on any atom is 0.123 e. The van der Waals surface area contributed by atoms with E-state index in [1.54, 1.807) is 0 Å². The van der Waals surface area contributed by atoms with Gasteiger partial charge in [-0.1, -0.05) is 52.4 Å². The molecule has 0 aromatic rings. The Hall–Kier alpha value is -0.330. The minimum absolute atomic E-state index is 0.383. The number of carbonyl (C=O) groups is 1. The standard InChI is InChI=1S/C17H30O/c1-13-6-7-16(10-14(13)2)9-8-15-4-3-5-17(11-15)12-18/h12-17H,3-11H2,1-2H3. The van der Waals surface area contributed by atoms with Crippen molar-refractivity contribution in [2.24, 2.45) is 29.6 Å². The van der Waals surface area contributed by atoms with Gasteiger partial charge < -0.3 is 4.79 Å². The van der Waals surface area contributed by atoms with Crippen molar-refractivity contribution in [1.82, 2.24) is 0 Å². The van der Waals surface area contributed by atoms with E-state index in [9.17, 15) is 4.79 Å². The van der Waals surface area contributed by atoms with Crippen molar-refractivity contribution >= 4 is 6.29 Å². The second kappa shape index (κ2) is 6.73. The molecule has 2 fully saturated rings. The van der Waals surface area contributed by atoms with Gasteiger partial charge in [0.1, 0.15) is 6.29 Å². The van der Waals surface area contributed by atoms with Gasteiger partial charge in [0.2, 0.25) is 0 Å². The summed E-state index contributed by atoms with van der Waals surface area (Å²) in [5, 5.41) is 0. The molecule has 2 rings (SSSR count). The molecule has 0 N–H and O–H groups in total. The molecule has 0 heterocycles. The Morgan fingerprint density at radius 3 is 2.28 bits per heavy atom. The minimum Gasteiger partial charge on any atom is -0.303 e. The van der Waals surface area contributed by atoms with E-state index < -0.39 is 0 Å². The third kappa shape index (κ3) is 3.83. The maximum atomic E-state index is 10.9. The van der Waals surface area contributed by atoms with Gasteiger partial charge in [0.05, 0.1) is 0 Å². The van der Waals surface area contributed by atoms with Crippen molar-refractivity contribution in [2.75, 3.05) is 0 Å². The van der Waals surface area contributed by atoms with Crippen LogP contribution in [0.1, 0.15) is 71.6 Å². The Labute approximate surface area is 113 Å². The van der Waals surface area contributed by atoms with Gasteiger partial charge in [-0.2, -0.15) is 0 Å². The molecule has 0 radical (unpaired) electrons. The van der Waals surface area contributed by atoms with Crippen LogP contribution in [0.3, 0.4) is 0 Å². The van der Waals surface area contributed by atoms with Crippen molar-refractivity contribution in [2.45, 2.75) is 71.6 Å². The molecule has 1 heteroatoms. The number of aldehydes is 1. The van der Waals surface area contributed by atoms with Crippen LogP contribution in [0.4, 0.5) is 0 Å². The summed E-state index contributed by atoms with van der Waals surface area (Å²) in [5.41, 5.74) is 0. The zero-order chi connectivity index (χ0) is 13.0. The molecule has 1 nitrogen and oxygen atoms in total. The topological polar surface area (TPSA) is 17.1 Å². The molecule has 2 aliphatic carbocycles. The monoisotopic (exact) mass is 250 g/mol. The number of carbonyl (C=O) groups excluding carboxylic acids is 1. The lowest BCUT2D eigenvalue weighted by atomic mass is 9.72. The molecule has 104 valence electrons. The van der Waals surface area contributed by atoms with Crippen molar-refractivity contribution in [3.63, 3.8) is 0 Å². The van der Waals surface area contributed by atoms with Crippen LogP contribution in [0.5, 0.6) is 0 Å². The van der Waals surface area contributed by atoms with Gasteiger partial charge in [0.25, 0.3) is 0 Å². The summed E-state index contributed by atoms with van der Waals surface area (Å²) in [6.07, 6.45) is 13.4. The van der Waals surface area contributed by atoms with Gasteiger partial charge in [-0.05, 0) is 42.9 Å². The van der Waals surface area contributed by atoms with Crippen LogP contribution in [0.15, 0.2) is 0 Å². The summed E-state index contributed by atoms with van der Waals surface area (Å²) in [5.74, 6) is 4.08. The second-order valence-corrected chi connectivity index (χ2v) is 7.14. The first-order chi connectivity index (χ1) is 8.69. The average Bonchev–Trinajstić information content (AvgIpc) is 2.40. The Kier molecular flexibility index (Phi) is 5.26. The molecule has 5 unspecified atom stereocenters. The Balaban J connectivity index is 1.69. The average molecular weight is 250 g/mol. The van der Waals surface area contributed by atoms with Crippen LogP contribution in [0, 0.1) is 29.6 Å². The minimum atomic E-state index is 0.383. The summed E-state index contributed by atoms with van der Waals surface area (Å²) in [6.45, 7) is 4.84. The maximum absolute atomic E-state index is 10.9. The highest BCUT2D eigenvalue weighted by atomic mass is 16.1. The lowest BCUT2D eigenvalue weighted by molar-refractivity contribution is -0.112. The normalized spacial score (nSPS) is 41.6. The van der Waals surface area contributed by atoms with Gasteiger partial charge in [0.15, 0.2) is 0 Å². The van der Waals surface area contributed by atoms with E-state index in [1.165, 1.54) is 57.7 Å². The molecule has 0 aromatic heterocycles. The highest BCUT2D eigenvalue weighted by Gasteiger charge is 2.26. The van der Waals surface area contributed by atoms with Crippen molar-refractivity contribution < 1.29 is 4.79 Å². The van der Waals surface area contributed by atoms with E-state index in [1.807, 2.05) is 0 Å². The van der Waals surface area contributed by atoms with E-state index in [2.05, 4.69) is 13.8 Å². The van der Waals surface area contributed by atoms with Crippen LogP contribution in [-0.4, -0.2) is 6.29 Å². The fourth-order valence-corrected chi connectivity index (χ4v) is 4.11. The summed E-state index contributed by atoms with van der Waals surface area (Å²) < 4.78 is 0. The Morgan fingerprint density at radius 2 is 1.61 bits per heavy atom. The van der Waals surface area contributed by atoms with E-state index in [0.29, 0.717) is 5.92 Å². The third-order valence-corrected chi connectivity index (χ3v) is 5.71. The van der Waals surface area contributed by atoms with E-state index in [4.69, 9.17) is 0 Å². The third-order valence-electron chi connectivity index (χ3n) is 5.71. The molecule has 18 heavy (non-hydrogen) atoms. The van der Waals surface area contributed by atoms with Crippen molar-refractivity contribution in [3.8, 4) is 0 Å². The van der Waals surface area contributed by atoms with E-state index in [-0.39, 0.29) is 0 Å². The molecular weight excluding hydrogens is 220 g/mol. The lowest BCUT2D eigenvalue weighted by Gasteiger charge is -2.33. The molecule has 2 saturated carbocycles. The SMILES string of the molecule is CC1CCC(CCC2CCCC(C=O)C2)CC1C. The van der Waals surface area contributed by atoms with Crippen molar-refractivity contribution in [3.05, 3.63) is 0 Å². The summed E-state index contributed by atoms with van der Waals surface area (Å²) in [7, 11) is 0. The molecule has 0 aliphatic heterocycles. The van der Waals surface area contributed by atoms with Gasteiger partial charge >= 0.3 is 0 Å². The molecule has 0 aromatic carbocycles. The smallest absolute Gasteiger partial charge is 0.123 e. The van der Waals surface area contributed by atoms with Gasteiger partial charge in [-0.15, -0.1) is 0 Å². The molecule has 0 bridgehead atoms. The molecule has 2 aliphatic rings. The van der Waals surface area contributed by atoms with E-state index >= 15 is 0 Å². The summed E-state index contributed by atoms with van der Waals surface area (Å²) in [6, 6.07) is 0. The van der Waals surface area contributed by atoms with Crippen LogP contribution in [0.25, 0.3) is 0 Å². The van der Waals surface area contributed by atoms with Crippen molar-refractivity contribution in [1.29, 1.82) is 0 Å². The highest BCUT2D eigenvalue weighted by molar-refractivity contribution is 5.53. The predicted molar refractivity (Wildman–Crippen MR) is 76.4 cm³/mol. The van der Waals surface area contributed by atoms with Crippen LogP contribution < -0.4 is 0 Å². The molecule has 0 amide bonds. The first-order valence-corrected chi connectivity index (χ1v) is 8.14. The number of rotatable bonds is 4. The van der Waals surface area contributed by atoms with Gasteiger partial charge in [0, 0.05) is 5.92 Å². The largest absolute Gasteiger partial charge is 0.303 e. The van der Waals surface area contributed by atoms with Crippen LogP contribution in [0.2, 0.25) is 0 Å². The summed E-state index contributed by atoms with van der Waals surface area (Å²) in [4.78, 5) is 10.9. The lowest BCUT2D eigenvalue weighted by Crippen LogP contribution is -2.22. The number of hydrogen-bond donors (Lipinski definition) is 0. The van der Waals surface area contributed by atoms with E-state index in [0.717, 1.165) is 30.1 Å². The first kappa shape index (κ1) is 14.1. The van der Waals surface area contributed by atoms with Gasteiger partial charge in [-0.3, -0.25) is 0 Å². The molecular formula is C17H30O. The number of hydrogen-bond acceptors (Lipinski definition) is 1. The van der Waals surface area contributed by atoms with Gasteiger partial charge in [-0.25, -0.2) is 0 Å². The molecule has 5 atom stereocenters. The fraction of sp³-hybridized carbons (Fsp3) is 0.941. The molecule has 0 spiro atoms. The zero-order valence-corrected chi connectivity index (χ0v) is 12.2. The summed E-state index contributed by atoms with van der Waals surface area (Å²) >= 11 is 0. The Bertz CT molecular complexity index is 260. The molecule has 0 saturated heterocycles. The first-order valence-electron chi connectivity index (χ1n) is 8.14. The fourth-order valence-electron chi connectivity index (χ4n) is 4.11. The highest BCUT2D eigenvalue weighted by Crippen LogP contribution is 2.38. The zero-order valence-electron chi connectivity index (χ0n) is 12.2. The Morgan fingerprint density at radius 1 is 0.889 bits per heavy atom. The second-order valence-electron chi connectivity index (χ2n) is 7.14. The quantitative estimate of drug-likeness (QED) is 0.652. The van der Waals surface area contributed by atoms with Crippen LogP contribution >= 0.6 is 0 Å². The predicted octanol–water partition coefficient (Wildman–Crippen LogP) is 4.84.